The van der Waals surface area contributed by atoms with Crippen molar-refractivity contribution in [1.82, 2.24) is 0 Å². The van der Waals surface area contributed by atoms with Crippen molar-refractivity contribution in [3.8, 4) is 0 Å². The molecule has 6 nitrogen and oxygen atoms in total. The third-order valence-corrected chi connectivity index (χ3v) is 11.1. The molecule has 0 bridgehead atoms. The summed E-state index contributed by atoms with van der Waals surface area (Å²) >= 11 is 0. The van der Waals surface area contributed by atoms with Gasteiger partial charge in [-0.25, -0.2) is 4.79 Å². The van der Waals surface area contributed by atoms with Crippen LogP contribution in [0.1, 0.15) is 96.3 Å². The van der Waals surface area contributed by atoms with Crippen LogP contribution in [0.4, 0.5) is 0 Å². The largest absolute Gasteiger partial charge is 0.479 e. The number of carboxylic acids is 1. The van der Waals surface area contributed by atoms with Crippen LogP contribution in [0.3, 0.4) is 0 Å². The lowest BCUT2D eigenvalue weighted by Crippen LogP contribution is -2.58. The van der Waals surface area contributed by atoms with Crippen molar-refractivity contribution in [2.24, 2.45) is 28.6 Å². The number of fused-ring (bicyclic) bond motifs is 5. The fourth-order valence-electron chi connectivity index (χ4n) is 9.10. The minimum atomic E-state index is -1.51. The fraction of sp³-hybridized carbons (Fsp3) is 0.688. The highest BCUT2D eigenvalue weighted by Gasteiger charge is 2.66. The zero-order valence-electron chi connectivity index (χ0n) is 23.6. The summed E-state index contributed by atoms with van der Waals surface area (Å²) in [6.45, 7) is 10.8. The molecule has 6 heteroatoms. The van der Waals surface area contributed by atoms with E-state index in [4.69, 9.17) is 9.47 Å². The fourth-order valence-corrected chi connectivity index (χ4v) is 9.10. The third-order valence-electron chi connectivity index (χ3n) is 11.1. The number of aliphatic carboxylic acids is 1. The lowest BCUT2D eigenvalue weighted by Gasteiger charge is -2.60. The van der Waals surface area contributed by atoms with E-state index in [0.29, 0.717) is 42.8 Å². The number of rotatable bonds is 7. The van der Waals surface area contributed by atoms with Gasteiger partial charge in [0, 0.05) is 24.9 Å². The maximum atomic E-state index is 13.0. The second-order valence-corrected chi connectivity index (χ2v) is 12.9. The van der Waals surface area contributed by atoms with Crippen molar-refractivity contribution in [1.29, 1.82) is 0 Å². The van der Waals surface area contributed by atoms with Crippen LogP contribution in [0.2, 0.25) is 0 Å². The first-order valence-corrected chi connectivity index (χ1v) is 14.4. The van der Waals surface area contributed by atoms with E-state index in [-0.39, 0.29) is 16.6 Å². The average Bonchev–Trinajstić information content (AvgIpc) is 3.17. The number of hydrogen-bond donors (Lipinski definition) is 2. The predicted molar refractivity (Wildman–Crippen MR) is 144 cm³/mol. The lowest BCUT2D eigenvalue weighted by atomic mass is 9.46. The number of ether oxygens (including phenoxy) is 2. The summed E-state index contributed by atoms with van der Waals surface area (Å²) < 4.78 is 12.3. The molecule has 1 aromatic carbocycles. The lowest BCUT2D eigenvalue weighted by molar-refractivity contribution is -0.252. The number of carbonyl (C=O) groups is 2. The number of aryl methyl sites for hydroxylation is 1. The molecule has 3 saturated carbocycles. The van der Waals surface area contributed by atoms with Crippen molar-refractivity contribution < 1.29 is 29.3 Å². The summed E-state index contributed by atoms with van der Waals surface area (Å²) in [6.07, 6.45) is 7.32. The van der Waals surface area contributed by atoms with Gasteiger partial charge in [-0.3, -0.25) is 4.79 Å². The van der Waals surface area contributed by atoms with Crippen molar-refractivity contribution in [2.75, 3.05) is 6.61 Å². The number of carbonyl (C=O) groups excluding carboxylic acids is 1. The Balaban J connectivity index is 1.39. The van der Waals surface area contributed by atoms with Crippen LogP contribution in [-0.4, -0.2) is 40.0 Å². The van der Waals surface area contributed by atoms with Gasteiger partial charge in [0.25, 0.3) is 0 Å². The molecule has 1 unspecified atom stereocenters. The summed E-state index contributed by atoms with van der Waals surface area (Å²) in [5.74, 6) is -1.05. The van der Waals surface area contributed by atoms with Gasteiger partial charge in [0.05, 0.1) is 0 Å². The first-order valence-electron chi connectivity index (χ1n) is 14.4. The van der Waals surface area contributed by atoms with Crippen molar-refractivity contribution in [3.05, 3.63) is 47.0 Å². The molecule has 1 aromatic rings. The highest BCUT2D eigenvalue weighted by Crippen LogP contribution is 2.68. The maximum absolute atomic E-state index is 13.0. The number of Topliss-reactive ketones (excluding diaryl/α,β-unsaturated/α-hetero) is 1. The summed E-state index contributed by atoms with van der Waals surface area (Å²) in [4.78, 5) is 25.1. The quantitative estimate of drug-likeness (QED) is 0.328. The minimum absolute atomic E-state index is 0.0600. The van der Waals surface area contributed by atoms with Crippen LogP contribution in [0.5, 0.6) is 0 Å². The summed E-state index contributed by atoms with van der Waals surface area (Å²) in [5.41, 5.74) is 1.89. The molecular weight excluding hydrogens is 480 g/mol. The standard InChI is InChI=1S/C32H44O6/c1-6-37-32(21(3)33)16-14-26-24-12-11-23-19-31(36,18-17-29(23,4)25(24)13-15-30(26,32)5)38-27(28(34)35)22-9-7-20(2)8-10-22/h7-11,24-27,36H,6,12-19H2,1-5H3,(H,34,35)/t24-,25+,26+,27?,29+,30+,31-,32+/m1/s1. The van der Waals surface area contributed by atoms with Gasteiger partial charge in [-0.15, -0.1) is 0 Å². The SMILES string of the molecule is CCO[C@]1(C(C)=O)CC[C@H]2[C@@H]3CC=C4C[C@](O)(OC(C(=O)O)c5ccc(C)cc5)CC[C@]4(C)[C@H]3CC[C@@]21C. The van der Waals surface area contributed by atoms with Gasteiger partial charge in [0.15, 0.2) is 17.7 Å². The molecule has 4 aliphatic carbocycles. The summed E-state index contributed by atoms with van der Waals surface area (Å²) in [6, 6.07) is 7.26. The number of aliphatic hydroxyl groups is 1. The monoisotopic (exact) mass is 524 g/mol. The molecule has 0 aliphatic heterocycles. The number of allylic oxidation sites excluding steroid dienone is 1. The van der Waals surface area contributed by atoms with Gasteiger partial charge in [-0.05, 0) is 88.0 Å². The van der Waals surface area contributed by atoms with Crippen molar-refractivity contribution in [2.45, 2.75) is 103 Å². The molecule has 0 saturated heterocycles. The van der Waals surface area contributed by atoms with Crippen LogP contribution in [-0.2, 0) is 19.1 Å². The Bertz CT molecular complexity index is 1130. The van der Waals surface area contributed by atoms with Crippen LogP contribution < -0.4 is 0 Å². The first-order chi connectivity index (χ1) is 17.9. The van der Waals surface area contributed by atoms with E-state index in [1.54, 1.807) is 19.1 Å². The normalized spacial score (nSPS) is 40.9. The van der Waals surface area contributed by atoms with E-state index in [9.17, 15) is 19.8 Å². The summed E-state index contributed by atoms with van der Waals surface area (Å²) in [5, 5.41) is 21.5. The summed E-state index contributed by atoms with van der Waals surface area (Å²) in [7, 11) is 0. The third kappa shape index (κ3) is 4.10. The van der Waals surface area contributed by atoms with Crippen LogP contribution >= 0.6 is 0 Å². The molecule has 3 fully saturated rings. The highest BCUT2D eigenvalue weighted by molar-refractivity contribution is 5.86. The molecule has 0 spiro atoms. The van der Waals surface area contributed by atoms with Gasteiger partial charge in [0.1, 0.15) is 5.60 Å². The molecular formula is C32H44O6. The zero-order valence-corrected chi connectivity index (χ0v) is 23.6. The molecule has 0 radical (unpaired) electrons. The van der Waals surface area contributed by atoms with Gasteiger partial charge < -0.3 is 19.7 Å². The maximum Gasteiger partial charge on any atom is 0.337 e. The molecule has 0 amide bonds. The smallest absolute Gasteiger partial charge is 0.337 e. The minimum Gasteiger partial charge on any atom is -0.479 e. The molecule has 5 rings (SSSR count). The van der Waals surface area contributed by atoms with Crippen LogP contribution in [0.15, 0.2) is 35.9 Å². The second-order valence-electron chi connectivity index (χ2n) is 12.9. The van der Waals surface area contributed by atoms with Gasteiger partial charge in [-0.1, -0.05) is 55.3 Å². The van der Waals surface area contributed by atoms with Crippen molar-refractivity contribution in [3.63, 3.8) is 0 Å². The Morgan fingerprint density at radius 1 is 1.05 bits per heavy atom. The Labute approximate surface area is 226 Å². The zero-order chi connectivity index (χ0) is 27.5. The van der Waals surface area contributed by atoms with Crippen LogP contribution in [0, 0.1) is 35.5 Å². The van der Waals surface area contributed by atoms with Gasteiger partial charge in [0.2, 0.25) is 0 Å². The van der Waals surface area contributed by atoms with Crippen molar-refractivity contribution >= 4 is 11.8 Å². The molecule has 2 N–H and O–H groups in total. The molecule has 8 atom stereocenters. The number of carboxylic acid groups (broad SMARTS) is 1. The topological polar surface area (TPSA) is 93.1 Å². The van der Waals surface area contributed by atoms with E-state index in [1.807, 2.05) is 26.0 Å². The van der Waals surface area contributed by atoms with E-state index in [1.165, 1.54) is 5.57 Å². The van der Waals surface area contributed by atoms with E-state index < -0.39 is 23.5 Å². The van der Waals surface area contributed by atoms with E-state index in [0.717, 1.165) is 44.1 Å². The first kappa shape index (κ1) is 27.5. The number of hydrogen-bond acceptors (Lipinski definition) is 5. The molecule has 0 heterocycles. The Kier molecular flexibility index (Phi) is 6.93. The number of benzene rings is 1. The molecule has 4 aliphatic rings. The second kappa shape index (κ2) is 9.57. The van der Waals surface area contributed by atoms with E-state index in [2.05, 4.69) is 19.9 Å². The van der Waals surface area contributed by atoms with Gasteiger partial charge >= 0.3 is 5.97 Å². The predicted octanol–water partition coefficient (Wildman–Crippen LogP) is 6.15. The average molecular weight is 525 g/mol. The van der Waals surface area contributed by atoms with Gasteiger partial charge in [-0.2, -0.15) is 0 Å². The van der Waals surface area contributed by atoms with E-state index >= 15 is 0 Å². The molecule has 208 valence electrons. The Hall–Kier alpha value is -2.02. The molecule has 0 aromatic heterocycles. The Morgan fingerprint density at radius 3 is 2.37 bits per heavy atom. The molecule has 38 heavy (non-hydrogen) atoms. The van der Waals surface area contributed by atoms with Crippen LogP contribution in [0.25, 0.3) is 0 Å². The number of ketones is 1. The highest BCUT2D eigenvalue weighted by atomic mass is 16.6. The Morgan fingerprint density at radius 2 is 1.74 bits per heavy atom.